The Morgan fingerprint density at radius 3 is 2.20 bits per heavy atom. The van der Waals surface area contributed by atoms with Gasteiger partial charge in [0.05, 0.1) is 0 Å². The van der Waals surface area contributed by atoms with Crippen molar-refractivity contribution >= 4 is 0 Å². The van der Waals surface area contributed by atoms with Gasteiger partial charge in [0.1, 0.15) is 0 Å². The summed E-state index contributed by atoms with van der Waals surface area (Å²) in [7, 11) is 0. The molecule has 0 radical (unpaired) electrons. The molecule has 0 N–H and O–H groups in total. The first-order valence-electron chi connectivity index (χ1n) is 7.00. The predicted molar refractivity (Wildman–Crippen MR) is 71.2 cm³/mol. The molecule has 0 nitrogen and oxygen atoms in total. The van der Waals surface area contributed by atoms with Crippen molar-refractivity contribution in [2.45, 2.75) is 78.6 Å². The molecule has 0 saturated carbocycles. The van der Waals surface area contributed by atoms with Gasteiger partial charge in [0.25, 0.3) is 0 Å². The van der Waals surface area contributed by atoms with Gasteiger partial charge in [-0.05, 0) is 18.8 Å². The molecular weight excluding hydrogens is 180 g/mol. The number of hydrogen-bond donors (Lipinski definition) is 0. The van der Waals surface area contributed by atoms with Gasteiger partial charge in [0.2, 0.25) is 0 Å². The first-order valence-corrected chi connectivity index (χ1v) is 7.00. The van der Waals surface area contributed by atoms with Crippen molar-refractivity contribution in [1.29, 1.82) is 0 Å². The van der Waals surface area contributed by atoms with Crippen LogP contribution in [-0.4, -0.2) is 0 Å². The maximum Gasteiger partial charge on any atom is -0.0322 e. The highest BCUT2D eigenvalue weighted by Crippen LogP contribution is 2.20. The molecule has 1 atom stereocenters. The van der Waals surface area contributed by atoms with E-state index in [1.54, 1.807) is 0 Å². The predicted octanol–water partition coefficient (Wildman–Crippen LogP) is 5.73. The molecule has 0 heteroatoms. The maximum atomic E-state index is 2.39. The average Bonchev–Trinajstić information content (AvgIpc) is 2.24. The first kappa shape index (κ1) is 14.7. The third kappa shape index (κ3) is 10.0. The molecule has 0 aliphatic carbocycles. The maximum absolute atomic E-state index is 2.39. The van der Waals surface area contributed by atoms with Crippen molar-refractivity contribution in [2.24, 2.45) is 5.92 Å². The van der Waals surface area contributed by atoms with Crippen LogP contribution in [0.5, 0.6) is 0 Å². The van der Waals surface area contributed by atoms with Crippen LogP contribution in [0.25, 0.3) is 0 Å². The van der Waals surface area contributed by atoms with Crippen LogP contribution in [0.2, 0.25) is 0 Å². The van der Waals surface area contributed by atoms with Gasteiger partial charge in [-0.25, -0.2) is 0 Å². The molecule has 0 aliphatic heterocycles. The largest absolute Gasteiger partial charge is 0.0888 e. The van der Waals surface area contributed by atoms with Crippen molar-refractivity contribution in [3.63, 3.8) is 0 Å². The molecule has 0 bridgehead atoms. The Morgan fingerprint density at radius 1 is 0.800 bits per heavy atom. The molecule has 0 aromatic carbocycles. The summed E-state index contributed by atoms with van der Waals surface area (Å²) in [5, 5.41) is 0. The Labute approximate surface area is 97.2 Å². The summed E-state index contributed by atoms with van der Waals surface area (Å²) < 4.78 is 0. The Bertz CT molecular complexity index is 135. The Kier molecular flexibility index (Phi) is 11.6. The second kappa shape index (κ2) is 11.8. The monoisotopic (exact) mass is 210 g/mol. The highest BCUT2D eigenvalue weighted by atomic mass is 14.1. The van der Waals surface area contributed by atoms with Crippen LogP contribution < -0.4 is 0 Å². The van der Waals surface area contributed by atoms with Gasteiger partial charge in [-0.1, -0.05) is 77.9 Å². The van der Waals surface area contributed by atoms with Crippen LogP contribution in [-0.2, 0) is 0 Å². The van der Waals surface area contributed by atoms with Gasteiger partial charge in [0.15, 0.2) is 0 Å². The molecule has 90 valence electrons. The van der Waals surface area contributed by atoms with E-state index in [4.69, 9.17) is 0 Å². The van der Waals surface area contributed by atoms with Crippen LogP contribution >= 0.6 is 0 Å². The quantitative estimate of drug-likeness (QED) is 0.319. The van der Waals surface area contributed by atoms with Gasteiger partial charge < -0.3 is 0 Å². The zero-order chi connectivity index (χ0) is 11.4. The summed E-state index contributed by atoms with van der Waals surface area (Å²) in [6.07, 6.45) is 17.1. The van der Waals surface area contributed by atoms with Crippen molar-refractivity contribution in [3.8, 4) is 0 Å². The number of unbranched alkanes of at least 4 members (excludes halogenated alkanes) is 3. The molecule has 0 spiro atoms. The zero-order valence-electron chi connectivity index (χ0n) is 11.1. The van der Waals surface area contributed by atoms with E-state index in [2.05, 4.69) is 32.9 Å². The van der Waals surface area contributed by atoms with E-state index >= 15 is 0 Å². The first-order chi connectivity index (χ1) is 7.35. The molecule has 0 saturated heterocycles. The van der Waals surface area contributed by atoms with E-state index in [1.165, 1.54) is 57.8 Å². The average molecular weight is 210 g/mol. The van der Waals surface area contributed by atoms with Crippen LogP contribution in [0.4, 0.5) is 0 Å². The lowest BCUT2D eigenvalue weighted by molar-refractivity contribution is 0.425. The fourth-order valence-electron chi connectivity index (χ4n) is 2.10. The highest BCUT2D eigenvalue weighted by Gasteiger charge is 2.04. The van der Waals surface area contributed by atoms with Gasteiger partial charge >= 0.3 is 0 Å². The summed E-state index contributed by atoms with van der Waals surface area (Å²) in [4.78, 5) is 0. The highest BCUT2D eigenvalue weighted by molar-refractivity contribution is 4.82. The molecule has 15 heavy (non-hydrogen) atoms. The van der Waals surface area contributed by atoms with E-state index in [0.29, 0.717) is 0 Å². The number of hydrogen-bond acceptors (Lipinski definition) is 0. The molecule has 0 aromatic rings. The molecular formula is C15H30. The van der Waals surface area contributed by atoms with E-state index in [1.807, 2.05) is 0 Å². The molecule has 0 rings (SSSR count). The van der Waals surface area contributed by atoms with Crippen molar-refractivity contribution in [2.75, 3.05) is 0 Å². The van der Waals surface area contributed by atoms with E-state index in [-0.39, 0.29) is 0 Å². The van der Waals surface area contributed by atoms with Gasteiger partial charge in [-0.3, -0.25) is 0 Å². The van der Waals surface area contributed by atoms with Crippen LogP contribution in [0.3, 0.4) is 0 Å². The molecule has 0 aromatic heterocycles. The fraction of sp³-hybridized carbons (Fsp3) is 0.867. The van der Waals surface area contributed by atoms with Crippen LogP contribution in [0.15, 0.2) is 12.2 Å². The van der Waals surface area contributed by atoms with Crippen molar-refractivity contribution in [1.82, 2.24) is 0 Å². The molecule has 0 amide bonds. The summed E-state index contributed by atoms with van der Waals surface area (Å²) in [6.45, 7) is 6.81. The molecule has 0 fully saturated rings. The Morgan fingerprint density at radius 2 is 1.60 bits per heavy atom. The normalized spacial score (nSPS) is 13.5. The molecule has 0 aliphatic rings. The summed E-state index contributed by atoms with van der Waals surface area (Å²) >= 11 is 0. The van der Waals surface area contributed by atoms with E-state index in [9.17, 15) is 0 Å². The second-order valence-electron chi connectivity index (χ2n) is 4.62. The lowest BCUT2D eigenvalue weighted by Crippen LogP contribution is -1.98. The summed E-state index contributed by atoms with van der Waals surface area (Å²) in [5.41, 5.74) is 0. The SMILES string of the molecule is CCC=CCC(CCC)CCCCCC. The topological polar surface area (TPSA) is 0 Å². The smallest absolute Gasteiger partial charge is 0.0322 e. The van der Waals surface area contributed by atoms with Gasteiger partial charge in [-0.2, -0.15) is 0 Å². The number of rotatable bonds is 10. The zero-order valence-corrected chi connectivity index (χ0v) is 11.1. The Hall–Kier alpha value is -0.260. The van der Waals surface area contributed by atoms with Gasteiger partial charge in [-0.15, -0.1) is 0 Å². The van der Waals surface area contributed by atoms with Gasteiger partial charge in [0, 0.05) is 0 Å². The van der Waals surface area contributed by atoms with Crippen molar-refractivity contribution < 1.29 is 0 Å². The van der Waals surface area contributed by atoms with Crippen LogP contribution in [0.1, 0.15) is 78.6 Å². The van der Waals surface area contributed by atoms with E-state index in [0.717, 1.165) is 5.92 Å². The van der Waals surface area contributed by atoms with Crippen molar-refractivity contribution in [3.05, 3.63) is 12.2 Å². The third-order valence-electron chi connectivity index (χ3n) is 3.03. The fourth-order valence-corrected chi connectivity index (χ4v) is 2.10. The Balaban J connectivity index is 3.57. The molecule has 0 heterocycles. The minimum absolute atomic E-state index is 0.953. The number of allylic oxidation sites excluding steroid dienone is 2. The molecule has 1 unspecified atom stereocenters. The van der Waals surface area contributed by atoms with E-state index < -0.39 is 0 Å². The standard InChI is InChI=1S/C15H30/c1-4-7-9-11-14-15(12-6-3)13-10-8-5-2/h8,10,15H,4-7,9,11-14H2,1-3H3. The van der Waals surface area contributed by atoms with Crippen LogP contribution in [0, 0.1) is 5.92 Å². The second-order valence-corrected chi connectivity index (χ2v) is 4.62. The lowest BCUT2D eigenvalue weighted by Gasteiger charge is -2.13. The minimum atomic E-state index is 0.953. The summed E-state index contributed by atoms with van der Waals surface area (Å²) in [6, 6.07) is 0. The third-order valence-corrected chi connectivity index (χ3v) is 3.03. The lowest BCUT2D eigenvalue weighted by atomic mass is 9.93. The minimum Gasteiger partial charge on any atom is -0.0888 e. The summed E-state index contributed by atoms with van der Waals surface area (Å²) in [5.74, 6) is 0.953.